The molecule has 3 rings (SSSR count). The number of non-ortho nitro benzene ring substituents is 1. The number of nitro benzene ring substituents is 1. The number of rotatable bonds is 3. The summed E-state index contributed by atoms with van der Waals surface area (Å²) in [6.45, 7) is 0. The van der Waals surface area contributed by atoms with Crippen molar-refractivity contribution in [1.82, 2.24) is 9.97 Å². The highest BCUT2D eigenvalue weighted by atomic mass is 35.5. The molecule has 0 aliphatic heterocycles. The van der Waals surface area contributed by atoms with Crippen LogP contribution in [-0.2, 0) is 0 Å². The summed E-state index contributed by atoms with van der Waals surface area (Å²) in [5.41, 5.74) is 0.780. The van der Waals surface area contributed by atoms with Gasteiger partial charge in [0, 0.05) is 18.3 Å². The first kappa shape index (κ1) is 14.4. The summed E-state index contributed by atoms with van der Waals surface area (Å²) in [5.74, 6) is -0.438. The first-order chi connectivity index (χ1) is 10.5. The van der Waals surface area contributed by atoms with Crippen LogP contribution < -0.4 is 5.32 Å². The maximum absolute atomic E-state index is 12.1. The zero-order valence-corrected chi connectivity index (χ0v) is 12.4. The topological polar surface area (TPSA) is 98.0 Å². The smallest absolute Gasteiger partial charge is 0.270 e. The van der Waals surface area contributed by atoms with E-state index in [4.69, 9.17) is 11.6 Å². The van der Waals surface area contributed by atoms with E-state index >= 15 is 0 Å². The highest BCUT2D eigenvalue weighted by Gasteiger charge is 2.15. The van der Waals surface area contributed by atoms with Crippen LogP contribution >= 0.6 is 22.9 Å². The third kappa shape index (κ3) is 2.74. The number of hydrogen-bond acceptors (Lipinski definition) is 6. The van der Waals surface area contributed by atoms with Crippen LogP contribution in [0.3, 0.4) is 0 Å². The van der Waals surface area contributed by atoms with Crippen LogP contribution in [0.2, 0.25) is 5.15 Å². The number of fused-ring (bicyclic) bond motifs is 1. The number of pyridine rings is 1. The number of nitrogens with one attached hydrogen (secondary N) is 1. The fourth-order valence-corrected chi connectivity index (χ4v) is 2.90. The van der Waals surface area contributed by atoms with Crippen molar-refractivity contribution in [1.29, 1.82) is 0 Å². The van der Waals surface area contributed by atoms with Gasteiger partial charge in [0.25, 0.3) is 11.6 Å². The molecule has 0 unspecified atom stereocenters. The summed E-state index contributed by atoms with van der Waals surface area (Å²) in [5, 5.41) is 13.8. The van der Waals surface area contributed by atoms with Crippen molar-refractivity contribution in [3.05, 3.63) is 57.4 Å². The molecule has 2 heterocycles. The van der Waals surface area contributed by atoms with E-state index in [1.54, 1.807) is 12.1 Å². The lowest BCUT2D eigenvalue weighted by Crippen LogP contribution is -2.12. The standard InChI is InChI=1S/C13H7ClN4O3S/c14-11-8(2-1-5-15-11)12(19)17-13-16-9-4-3-7(18(20)21)6-10(9)22-13/h1-6H,(H,16,17,19). The number of benzene rings is 1. The summed E-state index contributed by atoms with van der Waals surface area (Å²) >= 11 is 7.00. The largest absolute Gasteiger partial charge is 0.298 e. The van der Waals surface area contributed by atoms with E-state index in [2.05, 4.69) is 15.3 Å². The summed E-state index contributed by atoms with van der Waals surface area (Å²) in [4.78, 5) is 30.4. The van der Waals surface area contributed by atoms with Gasteiger partial charge in [0.1, 0.15) is 5.15 Å². The Hall–Kier alpha value is -2.58. The van der Waals surface area contributed by atoms with Crippen molar-refractivity contribution in [2.24, 2.45) is 0 Å². The van der Waals surface area contributed by atoms with E-state index in [-0.39, 0.29) is 16.4 Å². The molecule has 1 N–H and O–H groups in total. The maximum Gasteiger partial charge on any atom is 0.270 e. The van der Waals surface area contributed by atoms with Crippen molar-refractivity contribution in [3.63, 3.8) is 0 Å². The molecule has 0 atom stereocenters. The van der Waals surface area contributed by atoms with Gasteiger partial charge in [0.2, 0.25) is 0 Å². The van der Waals surface area contributed by atoms with Gasteiger partial charge in [-0.05, 0) is 18.2 Å². The van der Waals surface area contributed by atoms with Crippen LogP contribution in [0.5, 0.6) is 0 Å². The summed E-state index contributed by atoms with van der Waals surface area (Å²) in [6, 6.07) is 7.47. The number of aromatic nitrogens is 2. The SMILES string of the molecule is O=C(Nc1nc2ccc([N+](=O)[O-])cc2s1)c1cccnc1Cl. The number of carbonyl (C=O) groups excluding carboxylic acids is 1. The Kier molecular flexibility index (Phi) is 3.70. The van der Waals surface area contributed by atoms with Gasteiger partial charge < -0.3 is 0 Å². The Labute approximate surface area is 132 Å². The number of thiazole rings is 1. The zero-order chi connectivity index (χ0) is 15.7. The molecule has 0 spiro atoms. The molecule has 1 aromatic carbocycles. The molecule has 9 heteroatoms. The lowest BCUT2D eigenvalue weighted by molar-refractivity contribution is -0.384. The van der Waals surface area contributed by atoms with Gasteiger partial charge >= 0.3 is 0 Å². The molecule has 3 aromatic rings. The second-order valence-corrected chi connectivity index (χ2v) is 5.61. The van der Waals surface area contributed by atoms with Crippen molar-refractivity contribution in [3.8, 4) is 0 Å². The first-order valence-corrected chi connectivity index (χ1v) is 7.21. The Morgan fingerprint density at radius 2 is 2.18 bits per heavy atom. The highest BCUT2D eigenvalue weighted by Crippen LogP contribution is 2.29. The summed E-state index contributed by atoms with van der Waals surface area (Å²) < 4.78 is 0.613. The van der Waals surface area contributed by atoms with Crippen LogP contribution in [0.25, 0.3) is 10.2 Å². The van der Waals surface area contributed by atoms with Gasteiger partial charge in [-0.3, -0.25) is 20.2 Å². The number of hydrogen-bond donors (Lipinski definition) is 1. The van der Waals surface area contributed by atoms with E-state index < -0.39 is 10.8 Å². The molecule has 0 aliphatic carbocycles. The van der Waals surface area contributed by atoms with E-state index in [1.165, 1.54) is 24.4 Å². The molecule has 22 heavy (non-hydrogen) atoms. The monoisotopic (exact) mass is 334 g/mol. The predicted molar refractivity (Wildman–Crippen MR) is 83.5 cm³/mol. The van der Waals surface area contributed by atoms with Gasteiger partial charge in [-0.25, -0.2) is 9.97 Å². The molecule has 2 aromatic heterocycles. The lowest BCUT2D eigenvalue weighted by Gasteiger charge is -2.02. The number of halogens is 1. The molecule has 0 saturated heterocycles. The molecule has 110 valence electrons. The summed E-state index contributed by atoms with van der Waals surface area (Å²) in [6.07, 6.45) is 1.48. The van der Waals surface area contributed by atoms with Crippen LogP contribution in [0.1, 0.15) is 10.4 Å². The van der Waals surface area contributed by atoms with Crippen molar-refractivity contribution in [2.75, 3.05) is 5.32 Å². The number of nitrogens with zero attached hydrogens (tertiary/aromatic N) is 3. The molecule has 1 amide bonds. The van der Waals surface area contributed by atoms with E-state index in [0.717, 1.165) is 11.3 Å². The minimum absolute atomic E-state index is 0.0238. The summed E-state index contributed by atoms with van der Waals surface area (Å²) in [7, 11) is 0. The van der Waals surface area contributed by atoms with Gasteiger partial charge in [0.15, 0.2) is 5.13 Å². The van der Waals surface area contributed by atoms with Crippen molar-refractivity contribution in [2.45, 2.75) is 0 Å². The molecular formula is C13H7ClN4O3S. The molecule has 0 fully saturated rings. The first-order valence-electron chi connectivity index (χ1n) is 6.01. The number of amides is 1. The van der Waals surface area contributed by atoms with E-state index in [0.29, 0.717) is 15.3 Å². The van der Waals surface area contributed by atoms with Crippen molar-refractivity contribution < 1.29 is 9.72 Å². The molecule has 0 bridgehead atoms. The fraction of sp³-hybridized carbons (Fsp3) is 0. The number of anilines is 1. The third-order valence-corrected chi connectivity index (χ3v) is 4.04. The van der Waals surface area contributed by atoms with E-state index in [1.807, 2.05) is 0 Å². The van der Waals surface area contributed by atoms with Crippen molar-refractivity contribution >= 4 is 49.9 Å². The average molecular weight is 335 g/mol. The number of carbonyl (C=O) groups is 1. The van der Waals surface area contributed by atoms with Crippen LogP contribution in [0.4, 0.5) is 10.8 Å². The maximum atomic E-state index is 12.1. The second-order valence-electron chi connectivity index (χ2n) is 4.22. The number of nitro groups is 1. The minimum Gasteiger partial charge on any atom is -0.298 e. The fourth-order valence-electron chi connectivity index (χ4n) is 1.80. The van der Waals surface area contributed by atoms with Gasteiger partial charge in [-0.15, -0.1) is 0 Å². The highest BCUT2D eigenvalue weighted by molar-refractivity contribution is 7.22. The average Bonchev–Trinajstić information content (AvgIpc) is 2.88. The van der Waals surface area contributed by atoms with Crippen LogP contribution in [0, 0.1) is 10.1 Å². The van der Waals surface area contributed by atoms with E-state index in [9.17, 15) is 14.9 Å². The lowest BCUT2D eigenvalue weighted by atomic mass is 10.3. The Morgan fingerprint density at radius 1 is 1.36 bits per heavy atom. The molecule has 0 aliphatic rings. The zero-order valence-electron chi connectivity index (χ0n) is 10.8. The second kappa shape index (κ2) is 5.66. The van der Waals surface area contributed by atoms with Crippen LogP contribution in [-0.4, -0.2) is 20.8 Å². The minimum atomic E-state index is -0.479. The quantitative estimate of drug-likeness (QED) is 0.449. The molecular weight excluding hydrogens is 328 g/mol. The Balaban J connectivity index is 1.89. The molecule has 7 nitrogen and oxygen atoms in total. The molecule has 0 radical (unpaired) electrons. The Morgan fingerprint density at radius 3 is 2.91 bits per heavy atom. The van der Waals surface area contributed by atoms with Gasteiger partial charge in [-0.1, -0.05) is 22.9 Å². The molecule has 0 saturated carbocycles. The third-order valence-electron chi connectivity index (χ3n) is 2.81. The van der Waals surface area contributed by atoms with Gasteiger partial charge in [0.05, 0.1) is 20.7 Å². The Bertz CT molecular complexity index is 896. The predicted octanol–water partition coefficient (Wildman–Crippen LogP) is 3.51. The normalized spacial score (nSPS) is 10.6. The van der Waals surface area contributed by atoms with Gasteiger partial charge in [-0.2, -0.15) is 0 Å². The van der Waals surface area contributed by atoms with Crippen LogP contribution in [0.15, 0.2) is 36.5 Å².